The number of amides is 2. The minimum Gasteiger partial charge on any atom is -0.459 e. The maximum Gasteiger partial charge on any atom is 0.397 e. The van der Waals surface area contributed by atoms with Crippen molar-refractivity contribution >= 4 is 41.0 Å². The third-order valence-corrected chi connectivity index (χ3v) is 5.42. The van der Waals surface area contributed by atoms with Crippen molar-refractivity contribution in [3.05, 3.63) is 57.6 Å². The lowest BCUT2D eigenvalue weighted by Gasteiger charge is -2.20. The molecule has 1 saturated carbocycles. The Balaban J connectivity index is 2.03. The molecule has 0 N–H and O–H groups in total. The summed E-state index contributed by atoms with van der Waals surface area (Å²) in [6, 6.07) is 5.66. The third-order valence-electron chi connectivity index (χ3n) is 4.68. The van der Waals surface area contributed by atoms with Crippen molar-refractivity contribution in [2.24, 2.45) is 11.8 Å². The molecule has 1 aliphatic rings. The number of benzene rings is 1. The number of halogens is 2. The molecule has 0 aliphatic heterocycles. The first-order valence-corrected chi connectivity index (χ1v) is 10.7. The van der Waals surface area contributed by atoms with Crippen molar-refractivity contribution in [1.82, 2.24) is 4.90 Å². The molecule has 30 heavy (non-hydrogen) atoms. The lowest BCUT2D eigenvalue weighted by molar-refractivity contribution is -0.162. The fourth-order valence-corrected chi connectivity index (χ4v) is 3.40. The third kappa shape index (κ3) is 6.71. The molecule has 1 aromatic rings. The van der Waals surface area contributed by atoms with Gasteiger partial charge in [0.05, 0.1) is 16.7 Å². The zero-order chi connectivity index (χ0) is 22.4. The van der Waals surface area contributed by atoms with E-state index in [0.717, 1.165) is 16.9 Å². The lowest BCUT2D eigenvalue weighted by atomic mass is 10.1. The van der Waals surface area contributed by atoms with Gasteiger partial charge in [-0.15, -0.1) is 0 Å². The van der Waals surface area contributed by atoms with Gasteiger partial charge in [-0.05, 0) is 61.3 Å². The molecule has 2 rings (SSSR count). The molecule has 1 fully saturated rings. The second-order valence-corrected chi connectivity index (χ2v) is 8.61. The average molecular weight is 452 g/mol. The van der Waals surface area contributed by atoms with Crippen molar-refractivity contribution < 1.29 is 19.1 Å². The Labute approximate surface area is 187 Å². The summed E-state index contributed by atoms with van der Waals surface area (Å²) < 4.78 is 4.74. The van der Waals surface area contributed by atoms with Crippen LogP contribution in [0.25, 0.3) is 0 Å². The molecule has 162 valence electrons. The van der Waals surface area contributed by atoms with Gasteiger partial charge in [-0.25, -0.2) is 4.79 Å². The molecule has 0 spiro atoms. The zero-order valence-electron chi connectivity index (χ0n) is 17.7. The molecule has 7 heteroatoms. The predicted molar refractivity (Wildman–Crippen MR) is 118 cm³/mol. The number of allylic oxidation sites excluding steroid dienone is 3. The fourth-order valence-electron chi connectivity index (χ4n) is 3.09. The predicted octanol–water partition coefficient (Wildman–Crippen LogP) is 5.17. The summed E-state index contributed by atoms with van der Waals surface area (Å²) in [5.41, 5.74) is 1.84. The van der Waals surface area contributed by atoms with Crippen LogP contribution >= 0.6 is 23.2 Å². The minimum atomic E-state index is -1.02. The van der Waals surface area contributed by atoms with Gasteiger partial charge in [0.15, 0.2) is 0 Å². The molecular formula is C23H27Cl2NO4. The Morgan fingerprint density at radius 1 is 1.23 bits per heavy atom. The standard InChI is InChI=1S/C23H27Cl2NO4/c1-5-30-23(29)22(28)26(13-14(2)3)21(27)10-15(4)6-7-16-11-18(16)17-8-9-19(24)20(25)12-17/h6-10,12,14,16,18H,5,11,13H2,1-4H3/b7-6+,15-10+/t16-,18-/m1/s1. The number of nitrogens with zero attached hydrogens (tertiary/aromatic N) is 1. The van der Waals surface area contributed by atoms with Crippen LogP contribution in [0, 0.1) is 11.8 Å². The van der Waals surface area contributed by atoms with Crippen molar-refractivity contribution in [2.45, 2.75) is 40.0 Å². The highest BCUT2D eigenvalue weighted by Crippen LogP contribution is 2.49. The van der Waals surface area contributed by atoms with Crippen LogP contribution < -0.4 is 0 Å². The van der Waals surface area contributed by atoms with E-state index in [1.54, 1.807) is 19.9 Å². The van der Waals surface area contributed by atoms with Crippen LogP contribution in [0.5, 0.6) is 0 Å². The van der Waals surface area contributed by atoms with Crippen LogP contribution in [0.3, 0.4) is 0 Å². The van der Waals surface area contributed by atoms with Gasteiger partial charge in [-0.3, -0.25) is 14.5 Å². The molecule has 5 nitrogen and oxygen atoms in total. The van der Waals surface area contributed by atoms with Gasteiger partial charge in [-0.1, -0.05) is 55.3 Å². The van der Waals surface area contributed by atoms with Crippen molar-refractivity contribution in [1.29, 1.82) is 0 Å². The Hall–Kier alpha value is -2.11. The van der Waals surface area contributed by atoms with Gasteiger partial charge in [0.25, 0.3) is 5.91 Å². The van der Waals surface area contributed by atoms with Crippen LogP contribution in [-0.4, -0.2) is 35.8 Å². The molecule has 2 atom stereocenters. The van der Waals surface area contributed by atoms with E-state index in [1.807, 2.05) is 38.1 Å². The number of carbonyl (C=O) groups excluding carboxylic acids is 3. The normalized spacial score (nSPS) is 18.6. The number of imide groups is 1. The van der Waals surface area contributed by atoms with E-state index < -0.39 is 17.8 Å². The molecule has 0 aromatic heterocycles. The van der Waals surface area contributed by atoms with Gasteiger partial charge >= 0.3 is 11.9 Å². The number of rotatable bonds is 7. The first kappa shape index (κ1) is 24.2. The molecule has 1 aromatic carbocycles. The summed E-state index contributed by atoms with van der Waals surface area (Å²) in [4.78, 5) is 37.6. The quantitative estimate of drug-likeness (QED) is 0.248. The molecule has 1 aliphatic carbocycles. The van der Waals surface area contributed by atoms with Crippen molar-refractivity contribution in [3.63, 3.8) is 0 Å². The van der Waals surface area contributed by atoms with E-state index >= 15 is 0 Å². The highest BCUT2D eigenvalue weighted by molar-refractivity contribution is 6.42. The Kier molecular flexibility index (Phi) is 8.68. The Bertz CT molecular complexity index is 876. The van der Waals surface area contributed by atoms with E-state index in [9.17, 15) is 14.4 Å². The van der Waals surface area contributed by atoms with Gasteiger partial charge in [0, 0.05) is 12.6 Å². The monoisotopic (exact) mass is 451 g/mol. The summed E-state index contributed by atoms with van der Waals surface area (Å²) in [6.07, 6.45) is 6.28. The maximum atomic E-state index is 12.6. The molecular weight excluding hydrogens is 425 g/mol. The summed E-state index contributed by atoms with van der Waals surface area (Å²) in [7, 11) is 0. The first-order chi connectivity index (χ1) is 14.1. The minimum absolute atomic E-state index is 0.0231. The highest BCUT2D eigenvalue weighted by atomic mass is 35.5. The highest BCUT2D eigenvalue weighted by Gasteiger charge is 2.36. The fraction of sp³-hybridized carbons (Fsp3) is 0.435. The number of esters is 1. The lowest BCUT2D eigenvalue weighted by Crippen LogP contribution is -2.43. The van der Waals surface area contributed by atoms with E-state index in [0.29, 0.717) is 27.5 Å². The van der Waals surface area contributed by atoms with Crippen LogP contribution in [0.4, 0.5) is 0 Å². The van der Waals surface area contributed by atoms with E-state index in [1.165, 1.54) is 6.08 Å². The Morgan fingerprint density at radius 3 is 2.53 bits per heavy atom. The molecule has 0 bridgehead atoms. The van der Waals surface area contributed by atoms with Gasteiger partial charge in [0.2, 0.25) is 0 Å². The summed E-state index contributed by atoms with van der Waals surface area (Å²) in [6.45, 7) is 7.35. The topological polar surface area (TPSA) is 63.7 Å². The molecule has 2 amide bonds. The van der Waals surface area contributed by atoms with Crippen molar-refractivity contribution in [3.8, 4) is 0 Å². The number of hydrogen-bond donors (Lipinski definition) is 0. The number of carbonyl (C=O) groups is 3. The average Bonchev–Trinajstić information content (AvgIpc) is 3.45. The van der Waals surface area contributed by atoms with E-state index in [4.69, 9.17) is 27.9 Å². The zero-order valence-corrected chi connectivity index (χ0v) is 19.2. The number of hydrogen-bond acceptors (Lipinski definition) is 4. The maximum absolute atomic E-state index is 12.6. The van der Waals surface area contributed by atoms with Gasteiger partial charge in [0.1, 0.15) is 0 Å². The van der Waals surface area contributed by atoms with Crippen LogP contribution in [-0.2, 0) is 19.1 Å². The second-order valence-electron chi connectivity index (χ2n) is 7.80. The van der Waals surface area contributed by atoms with Gasteiger partial charge in [-0.2, -0.15) is 0 Å². The van der Waals surface area contributed by atoms with Crippen molar-refractivity contribution in [2.75, 3.05) is 13.2 Å². The van der Waals surface area contributed by atoms with Crippen LogP contribution in [0.1, 0.15) is 45.6 Å². The Morgan fingerprint density at radius 2 is 1.93 bits per heavy atom. The summed E-state index contributed by atoms with van der Waals surface area (Å²) in [5, 5.41) is 1.08. The van der Waals surface area contributed by atoms with Gasteiger partial charge < -0.3 is 4.74 Å². The van der Waals surface area contributed by atoms with E-state index in [2.05, 4.69) is 0 Å². The molecule has 0 saturated heterocycles. The SMILES string of the molecule is CCOC(=O)C(=O)N(CC(C)C)C(=O)/C=C(C)/C=C/[C@@H]1C[C@H]1c1ccc(Cl)c(Cl)c1. The molecule has 0 heterocycles. The summed E-state index contributed by atoms with van der Waals surface area (Å²) in [5.74, 6) is -1.73. The molecule has 0 radical (unpaired) electrons. The second kappa shape index (κ2) is 10.8. The number of ether oxygens (including phenoxy) is 1. The molecule has 0 unspecified atom stereocenters. The smallest absolute Gasteiger partial charge is 0.397 e. The van der Waals surface area contributed by atoms with Crippen LogP contribution in [0.2, 0.25) is 10.0 Å². The first-order valence-electron chi connectivity index (χ1n) is 9.98. The summed E-state index contributed by atoms with van der Waals surface area (Å²) >= 11 is 12.1. The van der Waals surface area contributed by atoms with E-state index in [-0.39, 0.29) is 19.1 Å². The van der Waals surface area contributed by atoms with Crippen LogP contribution in [0.15, 0.2) is 42.0 Å². The largest absolute Gasteiger partial charge is 0.459 e.